The van der Waals surface area contributed by atoms with Crippen LogP contribution in [0.4, 0.5) is 0 Å². The fraction of sp³-hybridized carbons (Fsp3) is 1.00. The lowest BCUT2D eigenvalue weighted by atomic mass is 9.72. The highest BCUT2D eigenvalue weighted by Crippen LogP contribution is 2.55. The van der Waals surface area contributed by atoms with Crippen molar-refractivity contribution in [2.24, 2.45) is 11.3 Å². The van der Waals surface area contributed by atoms with E-state index in [1.807, 2.05) is 0 Å². The normalized spacial score (nSPS) is 42.9. The van der Waals surface area contributed by atoms with E-state index in [1.165, 1.54) is 0 Å². The summed E-state index contributed by atoms with van der Waals surface area (Å²) in [6.45, 7) is 13.1. The van der Waals surface area contributed by atoms with Crippen molar-refractivity contribution < 1.29 is 9.84 Å². The zero-order chi connectivity index (χ0) is 13.1. The summed E-state index contributed by atoms with van der Waals surface area (Å²) in [6.07, 6.45) is 3.92. The van der Waals surface area contributed by atoms with E-state index in [-0.39, 0.29) is 22.5 Å². The van der Waals surface area contributed by atoms with E-state index in [9.17, 15) is 5.11 Å². The maximum atomic E-state index is 11.0. The van der Waals surface area contributed by atoms with E-state index < -0.39 is 5.60 Å². The molecule has 0 amide bonds. The molecule has 0 radical (unpaired) electrons. The molecule has 0 aromatic heterocycles. The van der Waals surface area contributed by atoms with E-state index in [1.54, 1.807) is 0 Å². The highest BCUT2D eigenvalue weighted by Gasteiger charge is 2.57. The minimum atomic E-state index is -0.527. The Kier molecular flexibility index (Phi) is 2.73. The molecule has 1 saturated carbocycles. The molecule has 0 aromatic rings. The maximum Gasteiger partial charge on any atom is 0.0709 e. The second kappa shape index (κ2) is 3.48. The molecular formula is C15H28O2. The van der Waals surface area contributed by atoms with Crippen molar-refractivity contribution >= 4 is 0 Å². The molecule has 2 aliphatic rings. The Morgan fingerprint density at radius 3 is 1.94 bits per heavy atom. The fourth-order valence-corrected chi connectivity index (χ4v) is 4.26. The molecule has 2 atom stereocenters. The summed E-state index contributed by atoms with van der Waals surface area (Å²) in [5, 5.41) is 11.0. The highest BCUT2D eigenvalue weighted by atomic mass is 16.5. The van der Waals surface area contributed by atoms with Crippen molar-refractivity contribution in [3.63, 3.8) is 0 Å². The van der Waals surface area contributed by atoms with Gasteiger partial charge in [-0.25, -0.2) is 0 Å². The molecule has 2 rings (SSSR count). The van der Waals surface area contributed by atoms with Crippen molar-refractivity contribution in [1.82, 2.24) is 0 Å². The van der Waals surface area contributed by atoms with Crippen LogP contribution in [0, 0.1) is 11.3 Å². The van der Waals surface area contributed by atoms with Crippen molar-refractivity contribution in [3.8, 4) is 0 Å². The summed E-state index contributed by atoms with van der Waals surface area (Å²) in [5.74, 6) is 0.256. The zero-order valence-electron chi connectivity index (χ0n) is 12.3. The molecule has 2 unspecified atom stereocenters. The number of rotatable bonds is 1. The molecule has 2 heteroatoms. The second-order valence-corrected chi connectivity index (χ2v) is 8.17. The summed E-state index contributed by atoms with van der Waals surface area (Å²) in [4.78, 5) is 0. The Labute approximate surface area is 106 Å². The van der Waals surface area contributed by atoms with Gasteiger partial charge in [-0.3, -0.25) is 0 Å². The van der Waals surface area contributed by atoms with Gasteiger partial charge in [0, 0.05) is 5.92 Å². The van der Waals surface area contributed by atoms with Gasteiger partial charge in [0.05, 0.1) is 16.8 Å². The average Bonchev–Trinajstić information content (AvgIpc) is 2.46. The number of hydrogen-bond acceptors (Lipinski definition) is 2. The molecule has 17 heavy (non-hydrogen) atoms. The van der Waals surface area contributed by atoms with Gasteiger partial charge in [0.15, 0.2) is 0 Å². The Balaban J connectivity index is 2.24. The SMILES string of the molecule is CC1(C)CCC(O)(C2CC(C)(C)OC2(C)C)C1. The van der Waals surface area contributed by atoms with Crippen LogP contribution in [0.15, 0.2) is 0 Å². The van der Waals surface area contributed by atoms with E-state index in [0.717, 1.165) is 25.7 Å². The van der Waals surface area contributed by atoms with E-state index in [2.05, 4.69) is 41.5 Å². The van der Waals surface area contributed by atoms with Crippen molar-refractivity contribution in [3.05, 3.63) is 0 Å². The zero-order valence-corrected chi connectivity index (χ0v) is 12.3. The minimum Gasteiger partial charge on any atom is -0.389 e. The molecular weight excluding hydrogens is 212 g/mol. The summed E-state index contributed by atoms with van der Waals surface area (Å²) in [7, 11) is 0. The number of ether oxygens (including phenoxy) is 1. The first-order valence-electron chi connectivity index (χ1n) is 6.89. The molecule has 1 aliphatic carbocycles. The molecule has 2 fully saturated rings. The van der Waals surface area contributed by atoms with Gasteiger partial charge >= 0.3 is 0 Å². The fourth-order valence-electron chi connectivity index (χ4n) is 4.26. The predicted molar refractivity (Wildman–Crippen MR) is 69.9 cm³/mol. The van der Waals surface area contributed by atoms with Crippen LogP contribution < -0.4 is 0 Å². The summed E-state index contributed by atoms with van der Waals surface area (Å²) in [5.41, 5.74) is -0.562. The van der Waals surface area contributed by atoms with E-state index in [4.69, 9.17) is 4.74 Å². The number of aliphatic hydroxyl groups is 1. The average molecular weight is 240 g/mol. The van der Waals surface area contributed by atoms with E-state index >= 15 is 0 Å². The highest BCUT2D eigenvalue weighted by molar-refractivity contribution is 5.08. The maximum absolute atomic E-state index is 11.0. The third-order valence-electron chi connectivity index (χ3n) is 4.74. The van der Waals surface area contributed by atoms with Gasteiger partial charge in [-0.2, -0.15) is 0 Å². The summed E-state index contributed by atoms with van der Waals surface area (Å²) < 4.78 is 6.13. The van der Waals surface area contributed by atoms with Gasteiger partial charge in [-0.05, 0) is 58.8 Å². The van der Waals surface area contributed by atoms with Crippen LogP contribution in [0.2, 0.25) is 0 Å². The van der Waals surface area contributed by atoms with Gasteiger partial charge < -0.3 is 9.84 Å². The minimum absolute atomic E-state index is 0.101. The number of hydrogen-bond donors (Lipinski definition) is 1. The Morgan fingerprint density at radius 1 is 1.00 bits per heavy atom. The molecule has 1 saturated heterocycles. The van der Waals surface area contributed by atoms with Crippen LogP contribution in [0.25, 0.3) is 0 Å². The molecule has 1 heterocycles. The Hall–Kier alpha value is -0.0800. The van der Waals surface area contributed by atoms with Crippen molar-refractivity contribution in [2.75, 3.05) is 0 Å². The van der Waals surface area contributed by atoms with Crippen LogP contribution >= 0.6 is 0 Å². The predicted octanol–water partition coefficient (Wildman–Crippen LogP) is 3.52. The first-order chi connectivity index (χ1) is 7.46. The molecule has 1 aliphatic heterocycles. The van der Waals surface area contributed by atoms with Gasteiger partial charge in [0.25, 0.3) is 0 Å². The Bertz CT molecular complexity index is 317. The van der Waals surface area contributed by atoms with Gasteiger partial charge in [0.1, 0.15) is 0 Å². The lowest BCUT2D eigenvalue weighted by molar-refractivity contribution is -0.113. The molecule has 1 N–H and O–H groups in total. The summed E-state index contributed by atoms with van der Waals surface area (Å²) >= 11 is 0. The van der Waals surface area contributed by atoms with Crippen LogP contribution in [-0.2, 0) is 4.74 Å². The monoisotopic (exact) mass is 240 g/mol. The largest absolute Gasteiger partial charge is 0.389 e. The molecule has 2 nitrogen and oxygen atoms in total. The van der Waals surface area contributed by atoms with Gasteiger partial charge in [0.2, 0.25) is 0 Å². The van der Waals surface area contributed by atoms with Crippen LogP contribution in [0.3, 0.4) is 0 Å². The first-order valence-corrected chi connectivity index (χ1v) is 6.89. The van der Waals surface area contributed by atoms with Gasteiger partial charge in [-0.1, -0.05) is 13.8 Å². The van der Waals surface area contributed by atoms with Crippen molar-refractivity contribution in [2.45, 2.75) is 84.0 Å². The molecule has 0 aromatic carbocycles. The van der Waals surface area contributed by atoms with Crippen LogP contribution in [-0.4, -0.2) is 21.9 Å². The topological polar surface area (TPSA) is 29.5 Å². The standard InChI is InChI=1S/C15H28O2/c1-12(2)7-8-15(16,10-12)11-9-13(3,4)17-14(11,5)6/h11,16H,7-10H2,1-6H3. The van der Waals surface area contributed by atoms with Crippen molar-refractivity contribution in [1.29, 1.82) is 0 Å². The smallest absolute Gasteiger partial charge is 0.0709 e. The molecule has 100 valence electrons. The third kappa shape index (κ3) is 2.39. The molecule has 0 bridgehead atoms. The first kappa shape index (κ1) is 13.4. The molecule has 0 spiro atoms. The Morgan fingerprint density at radius 2 is 1.59 bits per heavy atom. The van der Waals surface area contributed by atoms with Crippen LogP contribution in [0.1, 0.15) is 67.2 Å². The third-order valence-corrected chi connectivity index (χ3v) is 4.74. The summed E-state index contributed by atoms with van der Waals surface area (Å²) in [6, 6.07) is 0. The van der Waals surface area contributed by atoms with Gasteiger partial charge in [-0.15, -0.1) is 0 Å². The second-order valence-electron chi connectivity index (χ2n) is 8.17. The van der Waals surface area contributed by atoms with E-state index in [0.29, 0.717) is 0 Å². The lowest BCUT2D eigenvalue weighted by Crippen LogP contribution is -2.45. The quantitative estimate of drug-likeness (QED) is 0.760. The van der Waals surface area contributed by atoms with Crippen LogP contribution in [0.5, 0.6) is 0 Å². The lowest BCUT2D eigenvalue weighted by Gasteiger charge is -2.38.